The zero-order valence-corrected chi connectivity index (χ0v) is 6.46. The van der Waals surface area contributed by atoms with Crippen molar-refractivity contribution in [2.45, 2.75) is 20.4 Å². The van der Waals surface area contributed by atoms with Gasteiger partial charge < -0.3 is 5.73 Å². The van der Waals surface area contributed by atoms with Gasteiger partial charge in [-0.05, 0) is 0 Å². The number of anilines is 1. The third kappa shape index (κ3) is 2.97. The molecule has 0 atom stereocenters. The first-order chi connectivity index (χ1) is 5.20. The van der Waals surface area contributed by atoms with E-state index in [0.29, 0.717) is 4.68 Å². The standard InChI is InChI=1S/C4H5F2N3.C2H6/c5-4(6)9-2-3(7)1-8-9;1-2/h1-2,4H,7H2;1-2H3. The van der Waals surface area contributed by atoms with Crippen LogP contribution in [0, 0.1) is 0 Å². The molecule has 5 heteroatoms. The summed E-state index contributed by atoms with van der Waals surface area (Å²) in [5.41, 5.74) is 5.35. The predicted octanol–water partition coefficient (Wildman–Crippen LogP) is 1.89. The Morgan fingerprint density at radius 1 is 1.55 bits per heavy atom. The maximum absolute atomic E-state index is 11.6. The summed E-state index contributed by atoms with van der Waals surface area (Å²) in [6.45, 7) is 1.40. The van der Waals surface area contributed by atoms with Crippen LogP contribution < -0.4 is 5.73 Å². The lowest BCUT2D eigenvalue weighted by molar-refractivity contribution is 0.0566. The smallest absolute Gasteiger partial charge is 0.333 e. The Labute approximate surface area is 63.8 Å². The zero-order valence-electron chi connectivity index (χ0n) is 6.46. The molecule has 0 radical (unpaired) electrons. The molecule has 0 aromatic carbocycles. The highest BCUT2D eigenvalue weighted by atomic mass is 19.3. The second-order valence-electron chi connectivity index (χ2n) is 1.53. The lowest BCUT2D eigenvalue weighted by Crippen LogP contribution is -1.96. The van der Waals surface area contributed by atoms with Crippen molar-refractivity contribution in [2.75, 3.05) is 5.73 Å². The molecule has 2 N–H and O–H groups in total. The first kappa shape index (κ1) is 9.87. The van der Waals surface area contributed by atoms with Gasteiger partial charge in [0.1, 0.15) is 0 Å². The largest absolute Gasteiger partial charge is 0.396 e. The van der Waals surface area contributed by atoms with E-state index in [2.05, 4.69) is 5.10 Å². The summed E-state index contributed by atoms with van der Waals surface area (Å²) in [6.07, 6.45) is 2.25. The number of nitrogens with zero attached hydrogens (tertiary/aromatic N) is 2. The Balaban J connectivity index is 0.000000461. The molecule has 64 valence electrons. The first-order valence-corrected chi connectivity index (χ1v) is 3.28. The maximum Gasteiger partial charge on any atom is 0.333 e. The number of alkyl halides is 2. The van der Waals surface area contributed by atoms with Gasteiger partial charge in [0.05, 0.1) is 18.1 Å². The topological polar surface area (TPSA) is 43.8 Å². The summed E-state index contributed by atoms with van der Waals surface area (Å²) in [4.78, 5) is 0. The Kier molecular flexibility index (Phi) is 4.17. The van der Waals surface area contributed by atoms with E-state index in [1.165, 1.54) is 6.20 Å². The Hall–Kier alpha value is -1.13. The Morgan fingerprint density at radius 3 is 2.27 bits per heavy atom. The highest BCUT2D eigenvalue weighted by Gasteiger charge is 2.04. The number of hydrogen-bond acceptors (Lipinski definition) is 2. The summed E-state index contributed by atoms with van der Waals surface area (Å²) >= 11 is 0. The molecule has 0 aliphatic carbocycles. The van der Waals surface area contributed by atoms with Crippen LogP contribution in [-0.2, 0) is 0 Å². The van der Waals surface area contributed by atoms with E-state index >= 15 is 0 Å². The minimum absolute atomic E-state index is 0.246. The molecule has 0 amide bonds. The van der Waals surface area contributed by atoms with Gasteiger partial charge in [-0.25, -0.2) is 4.68 Å². The van der Waals surface area contributed by atoms with Crippen LogP contribution in [-0.4, -0.2) is 9.78 Å². The van der Waals surface area contributed by atoms with Gasteiger partial charge in [-0.2, -0.15) is 13.9 Å². The van der Waals surface area contributed by atoms with E-state index in [1.54, 1.807) is 0 Å². The lowest BCUT2D eigenvalue weighted by atomic mass is 10.6. The second-order valence-corrected chi connectivity index (χ2v) is 1.53. The molecule has 1 rings (SSSR count). The fraction of sp³-hybridized carbons (Fsp3) is 0.500. The Morgan fingerprint density at radius 2 is 2.09 bits per heavy atom. The molecule has 11 heavy (non-hydrogen) atoms. The minimum atomic E-state index is -2.60. The van der Waals surface area contributed by atoms with Crippen LogP contribution in [0.5, 0.6) is 0 Å². The van der Waals surface area contributed by atoms with E-state index in [4.69, 9.17) is 5.73 Å². The quantitative estimate of drug-likeness (QED) is 0.687. The molecule has 0 aliphatic rings. The van der Waals surface area contributed by atoms with E-state index in [9.17, 15) is 8.78 Å². The molecule has 1 aromatic rings. The molecular weight excluding hydrogens is 152 g/mol. The van der Waals surface area contributed by atoms with Crippen molar-refractivity contribution in [1.29, 1.82) is 0 Å². The number of nitrogens with two attached hydrogens (primary N) is 1. The van der Waals surface area contributed by atoms with Crippen LogP contribution in [0.1, 0.15) is 20.4 Å². The van der Waals surface area contributed by atoms with Crippen molar-refractivity contribution < 1.29 is 8.78 Å². The zero-order chi connectivity index (χ0) is 8.85. The van der Waals surface area contributed by atoms with Crippen molar-refractivity contribution in [3.63, 3.8) is 0 Å². The van der Waals surface area contributed by atoms with Crippen LogP contribution in [0.2, 0.25) is 0 Å². The predicted molar refractivity (Wildman–Crippen MR) is 39.2 cm³/mol. The molecule has 0 bridgehead atoms. The molecule has 0 saturated carbocycles. The molecule has 0 saturated heterocycles. The van der Waals surface area contributed by atoms with E-state index in [1.807, 2.05) is 13.8 Å². The average Bonchev–Trinajstić information content (AvgIpc) is 2.40. The van der Waals surface area contributed by atoms with Gasteiger partial charge in [0.25, 0.3) is 0 Å². The van der Waals surface area contributed by atoms with Crippen molar-refractivity contribution in [2.24, 2.45) is 0 Å². The molecule has 1 aromatic heterocycles. The number of rotatable bonds is 1. The van der Waals surface area contributed by atoms with Crippen LogP contribution in [0.4, 0.5) is 14.5 Å². The summed E-state index contributed by atoms with van der Waals surface area (Å²) in [6, 6.07) is 0. The van der Waals surface area contributed by atoms with Gasteiger partial charge >= 0.3 is 6.55 Å². The molecule has 0 spiro atoms. The normalized spacial score (nSPS) is 9.18. The van der Waals surface area contributed by atoms with Crippen molar-refractivity contribution in [3.8, 4) is 0 Å². The number of nitrogen functional groups attached to an aromatic ring is 1. The van der Waals surface area contributed by atoms with Crippen molar-refractivity contribution in [1.82, 2.24) is 9.78 Å². The Bertz CT molecular complexity index is 197. The highest BCUT2D eigenvalue weighted by molar-refractivity contribution is 5.30. The lowest BCUT2D eigenvalue weighted by Gasteiger charge is -1.93. The van der Waals surface area contributed by atoms with Crippen LogP contribution in [0.15, 0.2) is 12.4 Å². The summed E-state index contributed by atoms with van der Waals surface area (Å²) in [5.74, 6) is 0. The molecule has 3 nitrogen and oxygen atoms in total. The minimum Gasteiger partial charge on any atom is -0.396 e. The SMILES string of the molecule is CC.Nc1cnn(C(F)F)c1. The average molecular weight is 163 g/mol. The van der Waals surface area contributed by atoms with E-state index < -0.39 is 6.55 Å². The van der Waals surface area contributed by atoms with E-state index in [0.717, 1.165) is 6.20 Å². The van der Waals surface area contributed by atoms with Gasteiger partial charge in [0.2, 0.25) is 0 Å². The summed E-state index contributed by atoms with van der Waals surface area (Å²) in [7, 11) is 0. The third-order valence-electron chi connectivity index (χ3n) is 0.821. The first-order valence-electron chi connectivity index (χ1n) is 3.28. The fourth-order valence-electron chi connectivity index (χ4n) is 0.459. The maximum atomic E-state index is 11.6. The van der Waals surface area contributed by atoms with Gasteiger partial charge in [-0.3, -0.25) is 0 Å². The van der Waals surface area contributed by atoms with Crippen molar-refractivity contribution in [3.05, 3.63) is 12.4 Å². The monoisotopic (exact) mass is 163 g/mol. The molecular formula is C6H11F2N3. The molecule has 0 aliphatic heterocycles. The van der Waals surface area contributed by atoms with Crippen LogP contribution >= 0.6 is 0 Å². The van der Waals surface area contributed by atoms with Crippen LogP contribution in [0.25, 0.3) is 0 Å². The number of aromatic nitrogens is 2. The molecule has 0 unspecified atom stereocenters. The fourth-order valence-corrected chi connectivity index (χ4v) is 0.459. The summed E-state index contributed by atoms with van der Waals surface area (Å²) in [5, 5.41) is 3.26. The van der Waals surface area contributed by atoms with E-state index in [-0.39, 0.29) is 5.69 Å². The highest BCUT2D eigenvalue weighted by Crippen LogP contribution is 2.09. The van der Waals surface area contributed by atoms with Gasteiger partial charge in [0.15, 0.2) is 0 Å². The second kappa shape index (κ2) is 4.65. The van der Waals surface area contributed by atoms with Gasteiger partial charge in [-0.1, -0.05) is 13.8 Å². The van der Waals surface area contributed by atoms with Gasteiger partial charge in [-0.15, -0.1) is 0 Å². The van der Waals surface area contributed by atoms with Crippen LogP contribution in [0.3, 0.4) is 0 Å². The number of halogens is 2. The molecule has 1 heterocycles. The molecule has 0 fully saturated rings. The van der Waals surface area contributed by atoms with Crippen molar-refractivity contribution >= 4 is 5.69 Å². The third-order valence-corrected chi connectivity index (χ3v) is 0.821. The van der Waals surface area contributed by atoms with Gasteiger partial charge in [0, 0.05) is 0 Å². The number of hydrogen-bond donors (Lipinski definition) is 1. The summed E-state index contributed by atoms with van der Waals surface area (Å²) < 4.78 is 23.7.